The first kappa shape index (κ1) is 13.1. The molecular formula is C10H10ClFO3S. The highest BCUT2D eigenvalue weighted by Crippen LogP contribution is 2.20. The van der Waals surface area contributed by atoms with E-state index in [1.807, 2.05) is 0 Å². The number of ketones is 1. The Morgan fingerprint density at radius 2 is 2.06 bits per heavy atom. The second kappa shape index (κ2) is 4.93. The summed E-state index contributed by atoms with van der Waals surface area (Å²) in [5.41, 5.74) is 0.301. The molecule has 0 unspecified atom stereocenters. The molecule has 0 aliphatic heterocycles. The average Bonchev–Trinajstić information content (AvgIpc) is 2.09. The molecule has 16 heavy (non-hydrogen) atoms. The number of halogens is 2. The Labute approximate surface area is 98.1 Å². The zero-order valence-corrected chi connectivity index (χ0v) is 10.1. The lowest BCUT2D eigenvalue weighted by molar-refractivity contribution is -0.116. The van der Waals surface area contributed by atoms with E-state index in [9.17, 15) is 17.6 Å². The number of Topliss-reactive ketones (excluding diaryl/α,β-unsaturated/α-hetero) is 1. The SMILES string of the molecule is CS(=O)(=O)CC(=O)Cc1cccc(F)c1Cl. The van der Waals surface area contributed by atoms with Gasteiger partial charge in [-0.2, -0.15) is 0 Å². The molecule has 0 saturated heterocycles. The van der Waals surface area contributed by atoms with Gasteiger partial charge in [0, 0.05) is 12.7 Å². The minimum Gasteiger partial charge on any atom is -0.298 e. The van der Waals surface area contributed by atoms with Crippen molar-refractivity contribution in [3.05, 3.63) is 34.6 Å². The van der Waals surface area contributed by atoms with E-state index in [0.29, 0.717) is 5.56 Å². The molecule has 1 rings (SSSR count). The monoisotopic (exact) mass is 264 g/mol. The predicted octanol–water partition coefficient (Wildman–Crippen LogP) is 1.64. The maximum absolute atomic E-state index is 13.0. The number of hydrogen-bond donors (Lipinski definition) is 0. The molecule has 88 valence electrons. The summed E-state index contributed by atoms with van der Waals surface area (Å²) in [6, 6.07) is 4.09. The van der Waals surface area contributed by atoms with Crippen LogP contribution in [0.15, 0.2) is 18.2 Å². The Kier molecular flexibility index (Phi) is 4.04. The van der Waals surface area contributed by atoms with Crippen LogP contribution in [-0.4, -0.2) is 26.2 Å². The lowest BCUT2D eigenvalue weighted by atomic mass is 10.1. The third-order valence-corrected chi connectivity index (χ3v) is 3.11. The van der Waals surface area contributed by atoms with E-state index >= 15 is 0 Å². The van der Waals surface area contributed by atoms with Crippen LogP contribution in [0.3, 0.4) is 0 Å². The summed E-state index contributed by atoms with van der Waals surface area (Å²) in [5, 5.41) is -0.135. The number of carbonyl (C=O) groups excluding carboxylic acids is 1. The third kappa shape index (κ3) is 3.90. The first-order valence-electron chi connectivity index (χ1n) is 4.42. The summed E-state index contributed by atoms with van der Waals surface area (Å²) in [4.78, 5) is 11.3. The Hall–Kier alpha value is -0.940. The molecule has 0 aliphatic rings. The van der Waals surface area contributed by atoms with E-state index < -0.39 is 27.2 Å². The van der Waals surface area contributed by atoms with Gasteiger partial charge in [-0.05, 0) is 11.6 Å². The Bertz CT molecular complexity index is 511. The Morgan fingerprint density at radius 1 is 1.44 bits per heavy atom. The van der Waals surface area contributed by atoms with Crippen LogP contribution in [0.25, 0.3) is 0 Å². The first-order valence-corrected chi connectivity index (χ1v) is 6.86. The molecule has 0 atom stereocenters. The van der Waals surface area contributed by atoms with Gasteiger partial charge < -0.3 is 0 Å². The molecule has 0 aromatic heterocycles. The van der Waals surface area contributed by atoms with Crippen LogP contribution in [0.4, 0.5) is 4.39 Å². The first-order chi connectivity index (χ1) is 7.29. The fraction of sp³-hybridized carbons (Fsp3) is 0.300. The lowest BCUT2D eigenvalue weighted by Gasteiger charge is -2.03. The normalized spacial score (nSPS) is 11.4. The van der Waals surface area contributed by atoms with Crippen LogP contribution in [0.5, 0.6) is 0 Å². The second-order valence-electron chi connectivity index (χ2n) is 3.50. The van der Waals surface area contributed by atoms with Crippen LogP contribution >= 0.6 is 11.6 Å². The van der Waals surface area contributed by atoms with Gasteiger partial charge in [-0.1, -0.05) is 23.7 Å². The molecule has 0 N–H and O–H groups in total. The molecule has 0 saturated carbocycles. The smallest absolute Gasteiger partial charge is 0.154 e. The van der Waals surface area contributed by atoms with Crippen LogP contribution in [0, 0.1) is 5.82 Å². The van der Waals surface area contributed by atoms with Gasteiger partial charge in [-0.25, -0.2) is 12.8 Å². The molecular weight excluding hydrogens is 255 g/mol. The lowest BCUT2D eigenvalue weighted by Crippen LogP contribution is -2.16. The van der Waals surface area contributed by atoms with Crippen molar-refractivity contribution >= 4 is 27.2 Å². The molecule has 0 aliphatic carbocycles. The number of rotatable bonds is 4. The van der Waals surface area contributed by atoms with Gasteiger partial charge in [-0.15, -0.1) is 0 Å². The van der Waals surface area contributed by atoms with Crippen molar-refractivity contribution in [3.63, 3.8) is 0 Å². The van der Waals surface area contributed by atoms with Crippen molar-refractivity contribution in [2.45, 2.75) is 6.42 Å². The van der Waals surface area contributed by atoms with Gasteiger partial charge in [0.05, 0.1) is 5.02 Å². The third-order valence-electron chi connectivity index (χ3n) is 1.84. The van der Waals surface area contributed by atoms with Crippen LogP contribution in [-0.2, 0) is 21.1 Å². The molecule has 0 spiro atoms. The summed E-state index contributed by atoms with van der Waals surface area (Å²) in [7, 11) is -3.35. The molecule has 0 heterocycles. The number of carbonyl (C=O) groups is 1. The van der Waals surface area contributed by atoms with E-state index in [-0.39, 0.29) is 11.4 Å². The molecule has 6 heteroatoms. The van der Waals surface area contributed by atoms with Crippen LogP contribution in [0.2, 0.25) is 5.02 Å². The fourth-order valence-electron chi connectivity index (χ4n) is 1.24. The zero-order valence-electron chi connectivity index (χ0n) is 8.54. The summed E-state index contributed by atoms with van der Waals surface area (Å²) in [5.74, 6) is -1.68. The highest BCUT2D eigenvalue weighted by Gasteiger charge is 2.14. The minimum absolute atomic E-state index is 0.135. The van der Waals surface area contributed by atoms with Crippen molar-refractivity contribution in [3.8, 4) is 0 Å². The second-order valence-corrected chi connectivity index (χ2v) is 6.02. The van der Waals surface area contributed by atoms with Gasteiger partial charge in [0.1, 0.15) is 11.6 Å². The van der Waals surface area contributed by atoms with E-state index in [1.165, 1.54) is 18.2 Å². The Morgan fingerprint density at radius 3 is 2.62 bits per heavy atom. The highest BCUT2D eigenvalue weighted by molar-refractivity contribution is 7.91. The van der Waals surface area contributed by atoms with Gasteiger partial charge >= 0.3 is 0 Å². The van der Waals surface area contributed by atoms with E-state index in [4.69, 9.17) is 11.6 Å². The Balaban J connectivity index is 2.82. The minimum atomic E-state index is -3.35. The standard InChI is InChI=1S/C10H10ClFO3S/c1-16(14,15)6-8(13)5-7-3-2-4-9(12)10(7)11/h2-4H,5-6H2,1H3. The van der Waals surface area contributed by atoms with Gasteiger partial charge in [0.15, 0.2) is 15.6 Å². The predicted molar refractivity (Wildman–Crippen MR) is 59.8 cm³/mol. The van der Waals surface area contributed by atoms with E-state index in [0.717, 1.165) is 6.26 Å². The van der Waals surface area contributed by atoms with Crippen molar-refractivity contribution in [1.29, 1.82) is 0 Å². The zero-order chi connectivity index (χ0) is 12.3. The molecule has 0 amide bonds. The average molecular weight is 265 g/mol. The summed E-state index contributed by atoms with van der Waals surface area (Å²) >= 11 is 5.63. The molecule has 0 bridgehead atoms. The fourth-order valence-corrected chi connectivity index (χ4v) is 2.12. The summed E-state index contributed by atoms with van der Waals surface area (Å²) < 4.78 is 34.7. The molecule has 3 nitrogen and oxygen atoms in total. The number of hydrogen-bond acceptors (Lipinski definition) is 3. The number of sulfone groups is 1. The summed E-state index contributed by atoms with van der Waals surface area (Å²) in [6.45, 7) is 0. The van der Waals surface area contributed by atoms with Crippen molar-refractivity contribution in [1.82, 2.24) is 0 Å². The van der Waals surface area contributed by atoms with Crippen molar-refractivity contribution in [2.75, 3.05) is 12.0 Å². The molecule has 1 aromatic rings. The number of benzene rings is 1. The van der Waals surface area contributed by atoms with Crippen molar-refractivity contribution in [2.24, 2.45) is 0 Å². The molecule has 0 radical (unpaired) electrons. The van der Waals surface area contributed by atoms with Crippen molar-refractivity contribution < 1.29 is 17.6 Å². The van der Waals surface area contributed by atoms with Gasteiger partial charge in [0.25, 0.3) is 0 Å². The van der Waals surface area contributed by atoms with E-state index in [2.05, 4.69) is 0 Å². The quantitative estimate of drug-likeness (QED) is 0.831. The van der Waals surface area contributed by atoms with Gasteiger partial charge in [-0.3, -0.25) is 4.79 Å². The van der Waals surface area contributed by atoms with Gasteiger partial charge in [0.2, 0.25) is 0 Å². The summed E-state index contributed by atoms with van der Waals surface area (Å²) in [6.07, 6.45) is 0.793. The molecule has 1 aromatic carbocycles. The van der Waals surface area contributed by atoms with Crippen LogP contribution < -0.4 is 0 Å². The van der Waals surface area contributed by atoms with E-state index in [1.54, 1.807) is 0 Å². The maximum atomic E-state index is 13.0. The largest absolute Gasteiger partial charge is 0.298 e. The maximum Gasteiger partial charge on any atom is 0.154 e. The highest BCUT2D eigenvalue weighted by atomic mass is 35.5. The topological polar surface area (TPSA) is 51.2 Å². The molecule has 0 fully saturated rings. The van der Waals surface area contributed by atoms with Crippen LogP contribution in [0.1, 0.15) is 5.56 Å².